The largest absolute Gasteiger partial charge is 0.311 e. The topological polar surface area (TPSA) is 16.3 Å². The Balaban J connectivity index is 0.872. The molecule has 11 aromatic rings. The second-order valence-electron chi connectivity index (χ2n) is 16.5. The van der Waals surface area contributed by atoms with E-state index in [0.29, 0.717) is 0 Å². The van der Waals surface area contributed by atoms with Gasteiger partial charge in [-0.05, 0) is 127 Å². The highest BCUT2D eigenvalue weighted by Gasteiger charge is 2.22. The average Bonchev–Trinajstić information content (AvgIpc) is 3.88. The molecule has 64 heavy (non-hydrogen) atoms. The maximum absolute atomic E-state index is 2.40. The summed E-state index contributed by atoms with van der Waals surface area (Å²) in [5.41, 5.74) is 15.2. The third-order valence-corrected chi connectivity index (χ3v) is 12.8. The van der Waals surface area contributed by atoms with Crippen molar-refractivity contribution in [2.75, 3.05) is 9.80 Å². The number of anilines is 5. The third kappa shape index (κ3) is 6.47. The Morgan fingerprint density at radius 1 is 0.344 bits per heavy atom. The van der Waals surface area contributed by atoms with Crippen molar-refractivity contribution in [3.63, 3.8) is 0 Å². The average molecular weight is 821 g/mol. The van der Waals surface area contributed by atoms with Gasteiger partial charge in [0.15, 0.2) is 0 Å². The molecule has 1 unspecified atom stereocenters. The van der Waals surface area contributed by atoms with Gasteiger partial charge in [0.2, 0.25) is 0 Å². The molecule has 4 heteroatoms. The number of hydrogen-bond acceptors (Lipinski definition) is 2. The molecule has 12 rings (SSSR count). The van der Waals surface area contributed by atoms with Gasteiger partial charge in [0.05, 0.1) is 22.1 Å². The predicted molar refractivity (Wildman–Crippen MR) is 269 cm³/mol. The fourth-order valence-electron chi connectivity index (χ4n) is 9.85. The van der Waals surface area contributed by atoms with E-state index in [0.717, 1.165) is 46.2 Å². The number of benzene rings is 9. The lowest BCUT2D eigenvalue weighted by atomic mass is 9.91. The van der Waals surface area contributed by atoms with Gasteiger partial charge in [0.25, 0.3) is 0 Å². The minimum absolute atomic E-state index is 0.257. The molecule has 2 heterocycles. The number of nitrogens with zero attached hydrogens (tertiary/aromatic N) is 4. The standard InChI is InChI=1S/C60H44N4/c1-5-17-45(18-6-1)61(51-37-39-59-55(41-51)53-25-13-15-27-57(53)63(59)47-21-9-3-10-22-47)49-33-29-43(30-34-49)44-31-35-50(36-32-44)62(46-19-7-2-8-20-46)52-38-40-60-56(42-52)54-26-14-16-28-58(54)64(60)48-23-11-4-12-24-48/h1-31,33-42,44H,32H2. The Morgan fingerprint density at radius 2 is 0.750 bits per heavy atom. The van der Waals surface area contributed by atoms with Crippen molar-refractivity contribution in [1.82, 2.24) is 9.13 Å². The molecule has 304 valence electrons. The van der Waals surface area contributed by atoms with Gasteiger partial charge in [0.1, 0.15) is 0 Å². The minimum Gasteiger partial charge on any atom is -0.311 e. The number of fused-ring (bicyclic) bond motifs is 6. The van der Waals surface area contributed by atoms with E-state index in [1.165, 1.54) is 54.9 Å². The van der Waals surface area contributed by atoms with Gasteiger partial charge in [-0.2, -0.15) is 0 Å². The molecule has 0 amide bonds. The lowest BCUT2D eigenvalue weighted by Gasteiger charge is -2.29. The van der Waals surface area contributed by atoms with Crippen molar-refractivity contribution in [3.8, 4) is 11.4 Å². The van der Waals surface area contributed by atoms with Crippen molar-refractivity contribution < 1.29 is 0 Å². The number of allylic oxidation sites excluding steroid dienone is 3. The molecule has 0 saturated heterocycles. The fraction of sp³-hybridized carbons (Fsp3) is 0.0333. The first kappa shape index (κ1) is 37.4. The van der Waals surface area contributed by atoms with Crippen LogP contribution < -0.4 is 9.80 Å². The summed E-state index contributed by atoms with van der Waals surface area (Å²) in [7, 11) is 0. The van der Waals surface area contributed by atoms with E-state index in [9.17, 15) is 0 Å². The maximum Gasteiger partial charge on any atom is 0.0542 e. The fourth-order valence-corrected chi connectivity index (χ4v) is 9.85. The quantitative estimate of drug-likeness (QED) is 0.144. The van der Waals surface area contributed by atoms with Gasteiger partial charge < -0.3 is 18.9 Å². The summed E-state index contributed by atoms with van der Waals surface area (Å²) in [4.78, 5) is 4.77. The number of aromatic nitrogens is 2. The maximum atomic E-state index is 2.40. The van der Waals surface area contributed by atoms with Crippen molar-refractivity contribution in [2.45, 2.75) is 12.3 Å². The molecule has 9 aromatic carbocycles. The zero-order valence-electron chi connectivity index (χ0n) is 35.2. The van der Waals surface area contributed by atoms with Gasteiger partial charge in [-0.1, -0.05) is 133 Å². The van der Waals surface area contributed by atoms with E-state index in [-0.39, 0.29) is 5.92 Å². The molecule has 4 nitrogen and oxygen atoms in total. The van der Waals surface area contributed by atoms with Crippen molar-refractivity contribution in [2.24, 2.45) is 0 Å². The summed E-state index contributed by atoms with van der Waals surface area (Å²) in [6, 6.07) is 83.2. The molecule has 0 saturated carbocycles. The van der Waals surface area contributed by atoms with E-state index < -0.39 is 0 Å². The van der Waals surface area contributed by atoms with Gasteiger partial charge in [-0.3, -0.25) is 0 Å². The van der Waals surface area contributed by atoms with Gasteiger partial charge in [-0.15, -0.1) is 0 Å². The Bertz CT molecular complexity index is 3510. The molecule has 0 bridgehead atoms. The molecule has 0 radical (unpaired) electrons. The third-order valence-electron chi connectivity index (χ3n) is 12.8. The van der Waals surface area contributed by atoms with Crippen LogP contribution in [0.1, 0.15) is 17.9 Å². The van der Waals surface area contributed by atoms with Gasteiger partial charge >= 0.3 is 0 Å². The summed E-state index contributed by atoms with van der Waals surface area (Å²) >= 11 is 0. The van der Waals surface area contributed by atoms with Gasteiger partial charge in [-0.25, -0.2) is 0 Å². The second kappa shape index (κ2) is 15.8. The van der Waals surface area contributed by atoms with E-state index in [2.05, 4.69) is 268 Å². The minimum atomic E-state index is 0.257. The molecular formula is C60H44N4. The smallest absolute Gasteiger partial charge is 0.0542 e. The van der Waals surface area contributed by atoms with E-state index in [4.69, 9.17) is 0 Å². The van der Waals surface area contributed by atoms with Crippen LogP contribution >= 0.6 is 0 Å². The van der Waals surface area contributed by atoms with Crippen LogP contribution in [-0.4, -0.2) is 9.13 Å². The number of para-hydroxylation sites is 6. The molecule has 1 atom stereocenters. The first-order valence-corrected chi connectivity index (χ1v) is 22.1. The first-order chi connectivity index (χ1) is 31.8. The van der Waals surface area contributed by atoms with Gasteiger partial charge in [0, 0.05) is 73.0 Å². The van der Waals surface area contributed by atoms with Crippen LogP contribution in [0.3, 0.4) is 0 Å². The summed E-state index contributed by atoms with van der Waals surface area (Å²) in [6.07, 6.45) is 7.99. The molecule has 0 spiro atoms. The SMILES string of the molecule is C1=CC(c2ccc(N(c3ccccc3)c3ccc4c(c3)c3ccccc3n4-c3ccccc3)cc2)CC=C1N(c1ccccc1)c1ccc2c(c1)c1ccccc1n2-c1ccccc1. The molecule has 0 aliphatic heterocycles. The predicted octanol–water partition coefficient (Wildman–Crippen LogP) is 16.1. The molecule has 1 aliphatic rings. The molecular weight excluding hydrogens is 777 g/mol. The van der Waals surface area contributed by atoms with E-state index in [1.807, 2.05) is 0 Å². The Morgan fingerprint density at radius 3 is 1.25 bits per heavy atom. The van der Waals surface area contributed by atoms with Crippen molar-refractivity contribution >= 4 is 72.0 Å². The highest BCUT2D eigenvalue weighted by atomic mass is 15.2. The molecule has 2 aromatic heterocycles. The first-order valence-electron chi connectivity index (χ1n) is 22.1. The van der Waals surface area contributed by atoms with Crippen LogP contribution in [-0.2, 0) is 0 Å². The van der Waals surface area contributed by atoms with Crippen LogP contribution in [0.15, 0.2) is 254 Å². The summed E-state index contributed by atoms with van der Waals surface area (Å²) in [6.45, 7) is 0. The summed E-state index contributed by atoms with van der Waals surface area (Å²) in [5.74, 6) is 0.257. The summed E-state index contributed by atoms with van der Waals surface area (Å²) in [5, 5.41) is 4.95. The lowest BCUT2D eigenvalue weighted by Crippen LogP contribution is -2.17. The van der Waals surface area contributed by atoms with Crippen LogP contribution in [0, 0.1) is 0 Å². The van der Waals surface area contributed by atoms with E-state index >= 15 is 0 Å². The highest BCUT2D eigenvalue weighted by molar-refractivity contribution is 6.11. The highest BCUT2D eigenvalue weighted by Crippen LogP contribution is 2.42. The Labute approximate surface area is 373 Å². The van der Waals surface area contributed by atoms with Crippen LogP contribution in [0.2, 0.25) is 0 Å². The van der Waals surface area contributed by atoms with Crippen LogP contribution in [0.4, 0.5) is 28.4 Å². The van der Waals surface area contributed by atoms with Crippen molar-refractivity contribution in [1.29, 1.82) is 0 Å². The zero-order chi connectivity index (χ0) is 42.4. The zero-order valence-corrected chi connectivity index (χ0v) is 35.2. The number of rotatable bonds is 9. The van der Waals surface area contributed by atoms with Crippen LogP contribution in [0.25, 0.3) is 55.0 Å². The van der Waals surface area contributed by atoms with E-state index in [1.54, 1.807) is 0 Å². The Kier molecular flexibility index (Phi) is 9.27. The number of hydrogen-bond donors (Lipinski definition) is 0. The molecule has 0 fully saturated rings. The normalized spacial score (nSPS) is 13.8. The molecule has 1 aliphatic carbocycles. The summed E-state index contributed by atoms with van der Waals surface area (Å²) < 4.78 is 4.75. The lowest BCUT2D eigenvalue weighted by molar-refractivity contribution is 0.840. The monoisotopic (exact) mass is 820 g/mol. The van der Waals surface area contributed by atoms with Crippen LogP contribution in [0.5, 0.6) is 0 Å². The molecule has 0 N–H and O–H groups in total. The van der Waals surface area contributed by atoms with Crippen molar-refractivity contribution in [3.05, 3.63) is 260 Å². The Hall–Kier alpha value is -8.34. The second-order valence-corrected chi connectivity index (χ2v) is 16.5.